The molecule has 3 rings (SSSR count). The first-order valence-electron chi connectivity index (χ1n) is 8.46. The summed E-state index contributed by atoms with van der Waals surface area (Å²) in [6.45, 7) is 1.02. The highest BCUT2D eigenvalue weighted by molar-refractivity contribution is 5.77. The van der Waals surface area contributed by atoms with Crippen LogP contribution in [0.3, 0.4) is 0 Å². The van der Waals surface area contributed by atoms with Crippen molar-refractivity contribution in [2.45, 2.75) is 30.8 Å². The third kappa shape index (κ3) is 3.57. The first kappa shape index (κ1) is 19.4. The van der Waals surface area contributed by atoms with Gasteiger partial charge in [0.15, 0.2) is 0 Å². The maximum absolute atomic E-state index is 14.6. The number of nitrogens with one attached hydrogen (secondary N) is 2. The van der Waals surface area contributed by atoms with E-state index < -0.39 is 30.0 Å². The van der Waals surface area contributed by atoms with Gasteiger partial charge in [-0.15, -0.1) is 0 Å². The van der Waals surface area contributed by atoms with Gasteiger partial charge in [0.05, 0.1) is 0 Å². The van der Waals surface area contributed by atoms with Crippen LogP contribution in [0.2, 0.25) is 0 Å². The van der Waals surface area contributed by atoms with Gasteiger partial charge in [-0.25, -0.2) is 4.79 Å². The van der Waals surface area contributed by atoms with E-state index in [9.17, 15) is 18.7 Å². The number of nitrogens with zero attached hydrogens (tertiary/aromatic N) is 3. The summed E-state index contributed by atoms with van der Waals surface area (Å²) in [5.41, 5.74) is 6.09. The summed E-state index contributed by atoms with van der Waals surface area (Å²) >= 11 is 0. The van der Waals surface area contributed by atoms with E-state index >= 15 is 0 Å². The highest BCUT2D eigenvalue weighted by Crippen LogP contribution is 2.42. The lowest BCUT2D eigenvalue weighted by molar-refractivity contribution is -0.140. The zero-order valence-corrected chi connectivity index (χ0v) is 14.7. The van der Waals surface area contributed by atoms with Gasteiger partial charge in [-0.05, 0) is 18.1 Å². The Hall–Kier alpha value is -2.37. The number of anilines is 1. The highest BCUT2D eigenvalue weighted by Gasteiger charge is 2.59. The van der Waals surface area contributed by atoms with Crippen molar-refractivity contribution >= 4 is 12.0 Å². The number of nitrogens with two attached hydrogens (primary N) is 1. The lowest BCUT2D eigenvalue weighted by atomic mass is 10.0. The summed E-state index contributed by atoms with van der Waals surface area (Å²) in [5, 5.41) is 20.5. The molecule has 11 heteroatoms. The SMILES string of the molecule is CNC1=C(C=N)CCN(C[C@H]2O[C@@H](n3ccc(N)nc3=O)C(F)(F)[C@@H]2O)C1. The molecule has 0 aromatic carbocycles. The van der Waals surface area contributed by atoms with E-state index in [2.05, 4.69) is 10.3 Å². The molecule has 0 spiro atoms. The van der Waals surface area contributed by atoms with E-state index in [1.807, 2.05) is 4.90 Å². The van der Waals surface area contributed by atoms with Crippen molar-refractivity contribution in [3.05, 3.63) is 34.0 Å². The van der Waals surface area contributed by atoms with Gasteiger partial charge in [0.25, 0.3) is 0 Å². The number of alkyl halides is 2. The minimum absolute atomic E-state index is 0.0564. The van der Waals surface area contributed by atoms with Crippen LogP contribution >= 0.6 is 0 Å². The fraction of sp³-hybridized carbons (Fsp3) is 0.562. The van der Waals surface area contributed by atoms with E-state index in [1.165, 1.54) is 12.3 Å². The summed E-state index contributed by atoms with van der Waals surface area (Å²) in [5.74, 6) is -3.75. The second-order valence-corrected chi connectivity index (χ2v) is 6.57. The van der Waals surface area contributed by atoms with Crippen molar-refractivity contribution in [3.63, 3.8) is 0 Å². The summed E-state index contributed by atoms with van der Waals surface area (Å²) in [6.07, 6.45) is -2.28. The number of likely N-dealkylation sites (N-methyl/N-ethyl adjacent to an activating group) is 1. The monoisotopic (exact) mass is 384 g/mol. The topological polar surface area (TPSA) is 129 Å². The molecule has 5 N–H and O–H groups in total. The molecule has 1 aromatic heterocycles. The largest absolute Gasteiger partial charge is 0.390 e. The Morgan fingerprint density at radius 2 is 2.33 bits per heavy atom. The van der Waals surface area contributed by atoms with Gasteiger partial charge in [0.2, 0.25) is 6.23 Å². The van der Waals surface area contributed by atoms with Crippen LogP contribution in [-0.2, 0) is 4.74 Å². The standard InChI is InChI=1S/C16H22F2N6O3/c1-21-10-7-23(4-2-9(10)6-19)8-11-13(25)16(17,18)14(27-11)24-5-3-12(20)22-15(24)26/h3,5-6,11,13-14,19,21,25H,2,4,7-8H2,1H3,(H2,20,22,26)/t11-,13-,14-/m1/s1. The van der Waals surface area contributed by atoms with Gasteiger partial charge in [-0.3, -0.25) is 9.47 Å². The number of hydrogen-bond donors (Lipinski definition) is 4. The molecule has 0 radical (unpaired) electrons. The molecule has 2 aliphatic rings. The van der Waals surface area contributed by atoms with Gasteiger partial charge >= 0.3 is 11.6 Å². The van der Waals surface area contributed by atoms with Crippen LogP contribution in [0.1, 0.15) is 12.6 Å². The first-order chi connectivity index (χ1) is 12.8. The third-order valence-corrected chi connectivity index (χ3v) is 4.86. The number of ether oxygens (including phenoxy) is 1. The molecule has 1 saturated heterocycles. The van der Waals surface area contributed by atoms with E-state index in [1.54, 1.807) is 7.05 Å². The Bertz CT molecular complexity index is 812. The third-order valence-electron chi connectivity index (χ3n) is 4.86. The number of halogens is 2. The Morgan fingerprint density at radius 3 is 2.96 bits per heavy atom. The number of aliphatic hydroxyl groups excluding tert-OH is 1. The molecule has 148 valence electrons. The zero-order chi connectivity index (χ0) is 19.8. The predicted molar refractivity (Wildman–Crippen MR) is 93.7 cm³/mol. The molecule has 0 bridgehead atoms. The number of hydrogen-bond acceptors (Lipinski definition) is 8. The van der Waals surface area contributed by atoms with E-state index in [-0.39, 0.29) is 12.4 Å². The van der Waals surface area contributed by atoms with Crippen LogP contribution in [0.4, 0.5) is 14.6 Å². The summed E-state index contributed by atoms with van der Waals surface area (Å²) < 4.78 is 35.2. The maximum Gasteiger partial charge on any atom is 0.351 e. The molecule has 0 saturated carbocycles. The van der Waals surface area contributed by atoms with Gasteiger partial charge in [0.1, 0.15) is 18.0 Å². The van der Waals surface area contributed by atoms with Crippen molar-refractivity contribution in [2.24, 2.45) is 0 Å². The van der Waals surface area contributed by atoms with Gasteiger partial charge in [0, 0.05) is 44.8 Å². The van der Waals surface area contributed by atoms with Gasteiger partial charge < -0.3 is 26.3 Å². The van der Waals surface area contributed by atoms with E-state index in [0.29, 0.717) is 24.1 Å². The minimum Gasteiger partial charge on any atom is -0.390 e. The summed E-state index contributed by atoms with van der Waals surface area (Å²) in [7, 11) is 1.73. The smallest absolute Gasteiger partial charge is 0.351 e. The maximum atomic E-state index is 14.6. The van der Waals surface area contributed by atoms with Crippen LogP contribution in [0.25, 0.3) is 0 Å². The first-order valence-corrected chi connectivity index (χ1v) is 8.46. The van der Waals surface area contributed by atoms with Crippen molar-refractivity contribution in [3.8, 4) is 0 Å². The second-order valence-electron chi connectivity index (χ2n) is 6.57. The fourth-order valence-electron chi connectivity index (χ4n) is 3.37. The molecular weight excluding hydrogens is 362 g/mol. The average Bonchev–Trinajstić information content (AvgIpc) is 2.85. The van der Waals surface area contributed by atoms with E-state index in [0.717, 1.165) is 17.5 Å². The highest BCUT2D eigenvalue weighted by atomic mass is 19.3. The Balaban J connectivity index is 1.78. The van der Waals surface area contributed by atoms with Crippen molar-refractivity contribution in [1.82, 2.24) is 19.8 Å². The minimum atomic E-state index is -3.66. The number of aromatic nitrogens is 2. The number of nitrogen functional groups attached to an aromatic ring is 1. The molecule has 3 heterocycles. The zero-order valence-electron chi connectivity index (χ0n) is 14.7. The lowest BCUT2D eigenvalue weighted by Gasteiger charge is -2.31. The number of rotatable bonds is 5. The van der Waals surface area contributed by atoms with E-state index in [4.69, 9.17) is 15.9 Å². The molecule has 1 fully saturated rings. The quantitative estimate of drug-likeness (QED) is 0.506. The Morgan fingerprint density at radius 1 is 1.59 bits per heavy atom. The van der Waals surface area contributed by atoms with Crippen LogP contribution < -0.4 is 16.7 Å². The molecule has 0 aliphatic carbocycles. The normalized spacial score (nSPS) is 28.4. The Labute approximate surface area is 153 Å². The second kappa shape index (κ2) is 7.33. The van der Waals surface area contributed by atoms with Crippen LogP contribution in [0, 0.1) is 5.41 Å². The molecule has 27 heavy (non-hydrogen) atoms. The molecule has 3 atom stereocenters. The molecule has 2 aliphatic heterocycles. The fourth-order valence-corrected chi connectivity index (χ4v) is 3.37. The molecule has 0 amide bonds. The van der Waals surface area contributed by atoms with Gasteiger partial charge in [-0.1, -0.05) is 0 Å². The van der Waals surface area contributed by atoms with Gasteiger partial charge in [-0.2, -0.15) is 13.8 Å². The molecule has 1 aromatic rings. The van der Waals surface area contributed by atoms with Crippen LogP contribution in [-0.4, -0.2) is 70.6 Å². The Kier molecular flexibility index (Phi) is 5.27. The molecule has 9 nitrogen and oxygen atoms in total. The summed E-state index contributed by atoms with van der Waals surface area (Å²) in [4.78, 5) is 17.2. The summed E-state index contributed by atoms with van der Waals surface area (Å²) in [6, 6.07) is 1.22. The number of aliphatic hydroxyl groups is 1. The van der Waals surface area contributed by atoms with Crippen LogP contribution in [0.15, 0.2) is 28.3 Å². The predicted octanol–water partition coefficient (Wildman–Crippen LogP) is -0.452. The average molecular weight is 384 g/mol. The van der Waals surface area contributed by atoms with Crippen LogP contribution in [0.5, 0.6) is 0 Å². The molecular formula is C16H22F2N6O3. The van der Waals surface area contributed by atoms with Crippen molar-refractivity contribution in [2.75, 3.05) is 32.4 Å². The van der Waals surface area contributed by atoms with Crippen molar-refractivity contribution < 1.29 is 18.6 Å². The lowest BCUT2D eigenvalue weighted by Crippen LogP contribution is -2.46. The molecule has 0 unspecified atom stereocenters. The van der Waals surface area contributed by atoms with Crippen molar-refractivity contribution in [1.29, 1.82) is 5.41 Å².